The lowest BCUT2D eigenvalue weighted by atomic mass is 9.97. The quantitative estimate of drug-likeness (QED) is 0.793. The van der Waals surface area contributed by atoms with Gasteiger partial charge in [0, 0.05) is 38.8 Å². The minimum absolute atomic E-state index is 0.0314. The molecule has 0 spiro atoms. The molecule has 1 aliphatic heterocycles. The van der Waals surface area contributed by atoms with Crippen LogP contribution in [0.2, 0.25) is 0 Å². The van der Waals surface area contributed by atoms with E-state index in [9.17, 15) is 13.2 Å². The van der Waals surface area contributed by atoms with E-state index in [0.29, 0.717) is 31.6 Å². The van der Waals surface area contributed by atoms with Crippen molar-refractivity contribution in [2.24, 2.45) is 11.7 Å². The van der Waals surface area contributed by atoms with Crippen LogP contribution in [0, 0.1) is 5.92 Å². The van der Waals surface area contributed by atoms with Gasteiger partial charge in [-0.05, 0) is 25.0 Å². The summed E-state index contributed by atoms with van der Waals surface area (Å²) in [4.78, 5) is 15.8. The molecule has 8 heteroatoms. The molecule has 0 atom stereocenters. The van der Waals surface area contributed by atoms with Gasteiger partial charge in [-0.3, -0.25) is 9.78 Å². The number of piperidine rings is 1. The summed E-state index contributed by atoms with van der Waals surface area (Å²) < 4.78 is 26.7. The second kappa shape index (κ2) is 6.50. The van der Waals surface area contributed by atoms with Crippen LogP contribution in [0.1, 0.15) is 18.5 Å². The topological polar surface area (TPSA) is 105 Å². The number of pyridine rings is 1. The van der Waals surface area contributed by atoms with E-state index in [0.717, 1.165) is 0 Å². The van der Waals surface area contributed by atoms with Crippen LogP contribution >= 0.6 is 0 Å². The number of aromatic nitrogens is 1. The van der Waals surface area contributed by atoms with Crippen molar-refractivity contribution in [1.82, 2.24) is 14.6 Å². The summed E-state index contributed by atoms with van der Waals surface area (Å²) in [6.45, 7) is 0.739. The number of carbonyl (C=O) groups is 1. The number of carbonyl (C=O) groups excluding carboxylic acids is 1. The molecule has 7 nitrogen and oxygen atoms in total. The van der Waals surface area contributed by atoms with E-state index in [1.165, 1.54) is 16.6 Å². The van der Waals surface area contributed by atoms with Gasteiger partial charge in [0.2, 0.25) is 15.9 Å². The highest BCUT2D eigenvalue weighted by atomic mass is 32.2. The van der Waals surface area contributed by atoms with Gasteiger partial charge in [-0.1, -0.05) is 0 Å². The van der Waals surface area contributed by atoms with E-state index in [2.05, 4.69) is 10.3 Å². The zero-order chi connectivity index (χ0) is 15.5. The van der Waals surface area contributed by atoms with Crippen molar-refractivity contribution >= 4 is 15.9 Å². The summed E-state index contributed by atoms with van der Waals surface area (Å²) in [6.07, 6.45) is 2.58. The van der Waals surface area contributed by atoms with Crippen LogP contribution in [0.25, 0.3) is 0 Å². The maximum atomic E-state index is 12.6. The van der Waals surface area contributed by atoms with Gasteiger partial charge in [-0.15, -0.1) is 0 Å². The summed E-state index contributed by atoms with van der Waals surface area (Å²) in [5, 5.41) is 2.60. The second-order valence-electron chi connectivity index (χ2n) is 4.94. The Kier molecular flexibility index (Phi) is 4.92. The number of nitrogens with two attached hydrogens (primary N) is 1. The maximum absolute atomic E-state index is 12.6. The Morgan fingerprint density at radius 3 is 2.71 bits per heavy atom. The molecule has 1 saturated heterocycles. The molecule has 1 aliphatic rings. The van der Waals surface area contributed by atoms with Crippen molar-refractivity contribution in [3.8, 4) is 0 Å². The molecule has 1 aromatic heterocycles. The normalized spacial score (nSPS) is 17.6. The zero-order valence-corrected chi connectivity index (χ0v) is 12.8. The summed E-state index contributed by atoms with van der Waals surface area (Å²) >= 11 is 0. The largest absolute Gasteiger partial charge is 0.359 e. The van der Waals surface area contributed by atoms with Gasteiger partial charge in [0.1, 0.15) is 4.90 Å². The molecule has 1 aromatic rings. The SMILES string of the molecule is CNC(=O)C1CCN(S(=O)(=O)c2cccnc2CN)CC1. The average molecular weight is 312 g/mol. The molecule has 0 aliphatic carbocycles. The van der Waals surface area contributed by atoms with Crippen molar-refractivity contribution in [2.45, 2.75) is 24.3 Å². The van der Waals surface area contributed by atoms with Gasteiger partial charge in [-0.2, -0.15) is 4.31 Å². The van der Waals surface area contributed by atoms with E-state index in [1.54, 1.807) is 13.1 Å². The van der Waals surface area contributed by atoms with Crippen molar-refractivity contribution < 1.29 is 13.2 Å². The van der Waals surface area contributed by atoms with Crippen LogP contribution in [0.15, 0.2) is 23.2 Å². The highest BCUT2D eigenvalue weighted by Gasteiger charge is 2.32. The fourth-order valence-corrected chi connectivity index (χ4v) is 4.17. The minimum Gasteiger partial charge on any atom is -0.359 e. The predicted octanol–water partition coefficient (Wildman–Crippen LogP) is -0.313. The van der Waals surface area contributed by atoms with E-state index >= 15 is 0 Å². The monoisotopic (exact) mass is 312 g/mol. The van der Waals surface area contributed by atoms with Gasteiger partial charge in [0.15, 0.2) is 0 Å². The lowest BCUT2D eigenvalue weighted by Gasteiger charge is -2.30. The highest BCUT2D eigenvalue weighted by molar-refractivity contribution is 7.89. The standard InChI is InChI=1S/C13H20N4O3S/c1-15-13(18)10-4-7-17(8-5-10)21(19,20)12-3-2-6-16-11(12)9-14/h2-3,6,10H,4-5,7-9,14H2,1H3,(H,15,18). The van der Waals surface area contributed by atoms with E-state index in [1.807, 2.05) is 0 Å². The first kappa shape index (κ1) is 15.9. The van der Waals surface area contributed by atoms with Crippen LogP contribution in [0.3, 0.4) is 0 Å². The van der Waals surface area contributed by atoms with Crippen LogP contribution < -0.4 is 11.1 Å². The molecule has 1 amide bonds. The molecule has 1 fully saturated rings. The van der Waals surface area contributed by atoms with Gasteiger partial charge >= 0.3 is 0 Å². The smallest absolute Gasteiger partial charge is 0.244 e. The van der Waals surface area contributed by atoms with E-state index in [-0.39, 0.29) is 23.3 Å². The van der Waals surface area contributed by atoms with E-state index in [4.69, 9.17) is 5.73 Å². The van der Waals surface area contributed by atoms with Gasteiger partial charge in [0.05, 0.1) is 5.69 Å². The molecule has 2 heterocycles. The number of rotatable bonds is 4. The Hall–Kier alpha value is -1.51. The molecule has 0 saturated carbocycles. The Balaban J connectivity index is 2.17. The number of sulfonamides is 1. The van der Waals surface area contributed by atoms with Crippen LogP contribution in [-0.2, 0) is 21.4 Å². The summed E-state index contributed by atoms with van der Waals surface area (Å²) in [5.74, 6) is -0.152. The first-order valence-electron chi connectivity index (χ1n) is 6.86. The van der Waals surface area contributed by atoms with Crippen LogP contribution in [0.4, 0.5) is 0 Å². The molecule has 0 bridgehead atoms. The van der Waals surface area contributed by atoms with Gasteiger partial charge < -0.3 is 11.1 Å². The van der Waals surface area contributed by atoms with Gasteiger partial charge in [0.25, 0.3) is 0 Å². The number of hydrogen-bond acceptors (Lipinski definition) is 5. The lowest BCUT2D eigenvalue weighted by Crippen LogP contribution is -2.42. The molecule has 3 N–H and O–H groups in total. The van der Waals surface area contributed by atoms with Crippen molar-refractivity contribution in [3.05, 3.63) is 24.0 Å². The molecular formula is C13H20N4O3S. The Morgan fingerprint density at radius 2 is 2.14 bits per heavy atom. The van der Waals surface area contributed by atoms with E-state index < -0.39 is 10.0 Å². The predicted molar refractivity (Wildman–Crippen MR) is 77.7 cm³/mol. The first-order valence-corrected chi connectivity index (χ1v) is 8.30. The Bertz CT molecular complexity index is 610. The Labute approximate surface area is 124 Å². The molecule has 0 radical (unpaired) electrons. The Morgan fingerprint density at radius 1 is 1.48 bits per heavy atom. The van der Waals surface area contributed by atoms with Crippen LogP contribution in [-0.4, -0.2) is 43.8 Å². The lowest BCUT2D eigenvalue weighted by molar-refractivity contribution is -0.125. The molecule has 2 rings (SSSR count). The summed E-state index contributed by atoms with van der Waals surface area (Å²) in [6, 6.07) is 3.11. The fraction of sp³-hybridized carbons (Fsp3) is 0.538. The first-order chi connectivity index (χ1) is 10.0. The molecule has 0 aromatic carbocycles. The third kappa shape index (κ3) is 3.22. The second-order valence-corrected chi connectivity index (χ2v) is 6.85. The molecule has 116 valence electrons. The zero-order valence-electron chi connectivity index (χ0n) is 11.9. The summed E-state index contributed by atoms with van der Waals surface area (Å²) in [5.41, 5.74) is 5.92. The fourth-order valence-electron chi connectivity index (χ4n) is 2.51. The maximum Gasteiger partial charge on any atom is 0.244 e. The third-order valence-corrected chi connectivity index (χ3v) is 5.70. The number of nitrogens with one attached hydrogen (secondary N) is 1. The number of amides is 1. The molecule has 0 unspecified atom stereocenters. The summed E-state index contributed by atoms with van der Waals surface area (Å²) in [7, 11) is -2.01. The number of hydrogen-bond donors (Lipinski definition) is 2. The van der Waals surface area contributed by atoms with Crippen molar-refractivity contribution in [3.63, 3.8) is 0 Å². The molecule has 21 heavy (non-hydrogen) atoms. The molecular weight excluding hydrogens is 292 g/mol. The third-order valence-electron chi connectivity index (χ3n) is 3.73. The van der Waals surface area contributed by atoms with Crippen molar-refractivity contribution in [1.29, 1.82) is 0 Å². The minimum atomic E-state index is -3.60. The average Bonchev–Trinajstić information content (AvgIpc) is 2.54. The highest BCUT2D eigenvalue weighted by Crippen LogP contribution is 2.25. The van der Waals surface area contributed by atoms with Crippen LogP contribution in [0.5, 0.6) is 0 Å². The number of nitrogens with zero attached hydrogens (tertiary/aromatic N) is 2. The van der Waals surface area contributed by atoms with Crippen molar-refractivity contribution in [2.75, 3.05) is 20.1 Å². The van der Waals surface area contributed by atoms with Gasteiger partial charge in [-0.25, -0.2) is 8.42 Å².